The monoisotopic (exact) mass is 490 g/mol. The summed E-state index contributed by atoms with van der Waals surface area (Å²) in [6, 6.07) is 6.89. The van der Waals surface area contributed by atoms with Gasteiger partial charge in [-0.3, -0.25) is 14.9 Å². The summed E-state index contributed by atoms with van der Waals surface area (Å²) in [7, 11) is -3.12. The largest absolute Gasteiger partial charge is 0.493 e. The van der Waals surface area contributed by atoms with E-state index in [1.165, 1.54) is 50.6 Å². The van der Waals surface area contributed by atoms with Crippen LogP contribution in [0.1, 0.15) is 31.4 Å². The fraction of sp³-hybridized carbons (Fsp3) is 0.286. The Labute approximate surface area is 195 Å². The number of methoxy groups -OCH3 is 1. The molecule has 180 valence electrons. The number of nitro groups is 1. The molecule has 0 saturated carbocycles. The lowest BCUT2D eigenvalue weighted by Crippen LogP contribution is -2.42. The lowest BCUT2D eigenvalue weighted by Gasteiger charge is -2.17. The molecule has 34 heavy (non-hydrogen) atoms. The van der Waals surface area contributed by atoms with Gasteiger partial charge < -0.3 is 14.2 Å². The number of urea groups is 1. The van der Waals surface area contributed by atoms with Crippen LogP contribution in [-0.2, 0) is 14.9 Å². The Morgan fingerprint density at radius 2 is 1.91 bits per heavy atom. The van der Waals surface area contributed by atoms with Gasteiger partial charge in [-0.05, 0) is 50.1 Å². The van der Waals surface area contributed by atoms with E-state index >= 15 is 0 Å². The summed E-state index contributed by atoms with van der Waals surface area (Å²) in [5.74, 6) is -0.650. The first-order valence-corrected chi connectivity index (χ1v) is 11.4. The maximum Gasteiger partial charge on any atom is 0.346 e. The third-order valence-corrected chi connectivity index (χ3v) is 6.55. The Morgan fingerprint density at radius 1 is 1.21 bits per heavy atom. The molecule has 0 radical (unpaired) electrons. The van der Waals surface area contributed by atoms with Gasteiger partial charge in [-0.15, -0.1) is 5.01 Å². The van der Waals surface area contributed by atoms with Crippen molar-refractivity contribution >= 4 is 34.0 Å². The van der Waals surface area contributed by atoms with Gasteiger partial charge in [-0.2, -0.15) is 13.5 Å². The number of aryl methyl sites for hydroxylation is 1. The van der Waals surface area contributed by atoms with Gasteiger partial charge in [-0.25, -0.2) is 4.79 Å². The molecule has 13 heteroatoms. The van der Waals surface area contributed by atoms with Crippen molar-refractivity contribution < 1.29 is 31.9 Å². The number of nitrogens with one attached hydrogen (secondary N) is 1. The summed E-state index contributed by atoms with van der Waals surface area (Å²) < 4.78 is 35.7. The molecular formula is C21H22N4O8S. The Morgan fingerprint density at radius 3 is 2.50 bits per heavy atom. The smallest absolute Gasteiger partial charge is 0.346 e. The standard InChI is InChI=1S/C21H22N4O8S/c1-5-21(3)19(26)24(20(27)23-21)22-12-14-7-9-17(18(10-14)32-4)33-34(30,31)15-8-6-13(2)16(11-15)25(28)29/h6-12H,5H2,1-4H3,(H,23,27)/b22-12-/t21-/m0/s1. The van der Waals surface area contributed by atoms with Gasteiger partial charge in [0.2, 0.25) is 0 Å². The maximum atomic E-state index is 12.7. The number of rotatable bonds is 8. The van der Waals surface area contributed by atoms with Crippen LogP contribution in [0.2, 0.25) is 0 Å². The molecule has 1 atom stereocenters. The number of amides is 3. The SMILES string of the molecule is CC[C@]1(C)NC(=O)N(/N=C\c2ccc(OS(=O)(=O)c3ccc(C)c([N+](=O)[O-])c3)c(OC)c2)C1=O. The molecule has 1 aliphatic rings. The highest BCUT2D eigenvalue weighted by molar-refractivity contribution is 7.87. The zero-order valence-electron chi connectivity index (χ0n) is 18.8. The minimum atomic E-state index is -4.41. The molecule has 2 aromatic carbocycles. The number of hydrogen-bond donors (Lipinski definition) is 1. The third kappa shape index (κ3) is 4.69. The minimum Gasteiger partial charge on any atom is -0.493 e. The zero-order valence-corrected chi connectivity index (χ0v) is 19.6. The first-order valence-electron chi connectivity index (χ1n) is 10.00. The van der Waals surface area contributed by atoms with E-state index in [4.69, 9.17) is 8.92 Å². The Hall–Kier alpha value is -4.00. The van der Waals surface area contributed by atoms with Crippen LogP contribution in [-0.4, -0.2) is 49.2 Å². The first-order chi connectivity index (χ1) is 15.9. The molecule has 0 aliphatic carbocycles. The van der Waals surface area contributed by atoms with Crippen molar-refractivity contribution in [1.29, 1.82) is 0 Å². The molecule has 1 aliphatic heterocycles. The van der Waals surface area contributed by atoms with Gasteiger partial charge in [0.15, 0.2) is 11.5 Å². The predicted molar refractivity (Wildman–Crippen MR) is 120 cm³/mol. The van der Waals surface area contributed by atoms with E-state index in [1.807, 2.05) is 0 Å². The minimum absolute atomic E-state index is 0.0183. The highest BCUT2D eigenvalue weighted by Crippen LogP contribution is 2.32. The molecule has 1 N–H and O–H groups in total. The molecule has 1 heterocycles. The van der Waals surface area contributed by atoms with Crippen molar-refractivity contribution in [2.24, 2.45) is 5.10 Å². The summed E-state index contributed by atoms with van der Waals surface area (Å²) in [6.07, 6.45) is 1.63. The van der Waals surface area contributed by atoms with Crippen molar-refractivity contribution in [1.82, 2.24) is 10.3 Å². The summed E-state index contributed by atoms with van der Waals surface area (Å²) in [5.41, 5.74) is -0.709. The van der Waals surface area contributed by atoms with Crippen LogP contribution >= 0.6 is 0 Å². The van der Waals surface area contributed by atoms with Crippen LogP contribution in [0.4, 0.5) is 10.5 Å². The van der Waals surface area contributed by atoms with Crippen molar-refractivity contribution in [2.75, 3.05) is 7.11 Å². The molecule has 12 nitrogen and oxygen atoms in total. The second-order valence-corrected chi connectivity index (χ2v) is 9.18. The fourth-order valence-corrected chi connectivity index (χ4v) is 4.04. The van der Waals surface area contributed by atoms with Crippen LogP contribution in [0.5, 0.6) is 11.5 Å². The quantitative estimate of drug-likeness (QED) is 0.194. The van der Waals surface area contributed by atoms with Crippen LogP contribution in [0.3, 0.4) is 0 Å². The molecule has 3 amide bonds. The second-order valence-electron chi connectivity index (χ2n) is 7.63. The predicted octanol–water partition coefficient (Wildman–Crippen LogP) is 2.73. The number of carbonyl (C=O) groups excluding carboxylic acids is 2. The van der Waals surface area contributed by atoms with Gasteiger partial charge in [0.1, 0.15) is 10.4 Å². The number of hydrogen-bond acceptors (Lipinski definition) is 9. The maximum absolute atomic E-state index is 12.7. The van der Waals surface area contributed by atoms with Crippen molar-refractivity contribution in [3.8, 4) is 11.5 Å². The highest BCUT2D eigenvalue weighted by Gasteiger charge is 2.46. The van der Waals surface area contributed by atoms with Gasteiger partial charge in [0.25, 0.3) is 11.6 Å². The van der Waals surface area contributed by atoms with Crippen molar-refractivity contribution in [2.45, 2.75) is 37.6 Å². The summed E-state index contributed by atoms with van der Waals surface area (Å²) >= 11 is 0. The van der Waals surface area contributed by atoms with E-state index in [1.54, 1.807) is 13.8 Å². The van der Waals surface area contributed by atoms with E-state index in [9.17, 15) is 28.1 Å². The molecule has 2 aromatic rings. The van der Waals surface area contributed by atoms with Gasteiger partial charge in [-0.1, -0.05) is 13.0 Å². The number of nitro benzene ring substituents is 1. The number of nitrogens with zero attached hydrogens (tertiary/aromatic N) is 3. The van der Waals surface area contributed by atoms with Crippen LogP contribution in [0, 0.1) is 17.0 Å². The van der Waals surface area contributed by atoms with E-state index < -0.39 is 37.4 Å². The Kier molecular flexibility index (Phi) is 6.59. The molecular weight excluding hydrogens is 468 g/mol. The number of ether oxygens (including phenoxy) is 1. The lowest BCUT2D eigenvalue weighted by atomic mass is 10.00. The topological polar surface area (TPSA) is 158 Å². The van der Waals surface area contributed by atoms with Gasteiger partial charge >= 0.3 is 16.1 Å². The lowest BCUT2D eigenvalue weighted by molar-refractivity contribution is -0.385. The van der Waals surface area contributed by atoms with Crippen molar-refractivity contribution in [3.63, 3.8) is 0 Å². The van der Waals surface area contributed by atoms with Crippen LogP contribution < -0.4 is 14.2 Å². The highest BCUT2D eigenvalue weighted by atomic mass is 32.2. The van der Waals surface area contributed by atoms with E-state index in [2.05, 4.69) is 10.4 Å². The molecule has 1 saturated heterocycles. The molecule has 0 spiro atoms. The van der Waals surface area contributed by atoms with Crippen LogP contribution in [0.15, 0.2) is 46.4 Å². The summed E-state index contributed by atoms with van der Waals surface area (Å²) in [6.45, 7) is 4.85. The number of benzene rings is 2. The molecule has 0 unspecified atom stereocenters. The Bertz CT molecular complexity index is 1310. The first kappa shape index (κ1) is 24.6. The van der Waals surface area contributed by atoms with E-state index in [0.29, 0.717) is 17.5 Å². The number of imide groups is 1. The molecule has 1 fully saturated rings. The summed E-state index contributed by atoms with van der Waals surface area (Å²) in [5, 5.41) is 18.4. The third-order valence-electron chi connectivity index (χ3n) is 5.32. The van der Waals surface area contributed by atoms with Gasteiger partial charge in [0, 0.05) is 11.6 Å². The average Bonchev–Trinajstić information content (AvgIpc) is 3.01. The van der Waals surface area contributed by atoms with E-state index in [0.717, 1.165) is 11.1 Å². The number of carbonyl (C=O) groups is 2. The fourth-order valence-electron chi connectivity index (χ4n) is 3.08. The van der Waals surface area contributed by atoms with Crippen molar-refractivity contribution in [3.05, 3.63) is 57.6 Å². The zero-order chi connectivity index (χ0) is 25.3. The molecule has 0 bridgehead atoms. The van der Waals surface area contributed by atoms with Crippen LogP contribution in [0.25, 0.3) is 0 Å². The van der Waals surface area contributed by atoms with E-state index in [-0.39, 0.29) is 17.2 Å². The Balaban J connectivity index is 1.85. The average molecular weight is 490 g/mol. The molecule has 0 aromatic heterocycles. The second kappa shape index (κ2) is 9.09. The normalized spacial score (nSPS) is 18.3. The molecule has 3 rings (SSSR count). The number of hydrazone groups is 1. The summed E-state index contributed by atoms with van der Waals surface area (Å²) in [4.78, 5) is 34.5. The van der Waals surface area contributed by atoms with Gasteiger partial charge in [0.05, 0.1) is 18.2 Å².